The van der Waals surface area contributed by atoms with Crippen molar-refractivity contribution in [2.75, 3.05) is 7.11 Å². The fourth-order valence-electron chi connectivity index (χ4n) is 3.48. The van der Waals surface area contributed by atoms with Crippen LogP contribution < -0.4 is 9.47 Å². The van der Waals surface area contributed by atoms with Crippen molar-refractivity contribution in [1.29, 1.82) is 0 Å². The van der Waals surface area contributed by atoms with Crippen LogP contribution in [0.2, 0.25) is 0 Å². The van der Waals surface area contributed by atoms with Crippen LogP contribution >= 0.6 is 11.3 Å². The number of rotatable bonds is 9. The topological polar surface area (TPSA) is 73.6 Å². The number of aryl methyl sites for hydroxylation is 2. The van der Waals surface area contributed by atoms with Crippen LogP contribution in [0.25, 0.3) is 16.3 Å². The summed E-state index contributed by atoms with van der Waals surface area (Å²) in [5, 5.41) is 13.4. The van der Waals surface area contributed by atoms with Crippen LogP contribution in [0, 0.1) is 12.7 Å². The standard InChI is InChI=1S/C25H23FN2O4S/c1-16-6-10-23(33-16)25-18(14-27-28(25)22-13-19(31-2)8-9-21(22)26)15-32-20-5-3-4-17(12-20)7-11-24(29)30/h3-6,8-10,12-14H,7,11,15H2,1-2H3,(H,29,30). The van der Waals surface area contributed by atoms with Gasteiger partial charge < -0.3 is 14.6 Å². The molecule has 0 saturated carbocycles. The lowest BCUT2D eigenvalue weighted by Gasteiger charge is -2.12. The van der Waals surface area contributed by atoms with Crippen LogP contribution in [0.4, 0.5) is 4.39 Å². The SMILES string of the molecule is COc1ccc(F)c(-n2ncc(COc3cccc(CCC(=O)O)c3)c2-c2ccc(C)s2)c1. The van der Waals surface area contributed by atoms with E-state index in [1.165, 1.54) is 13.2 Å². The van der Waals surface area contributed by atoms with E-state index in [2.05, 4.69) is 5.10 Å². The zero-order chi connectivity index (χ0) is 23.4. The van der Waals surface area contributed by atoms with Gasteiger partial charge in [-0.1, -0.05) is 12.1 Å². The highest BCUT2D eigenvalue weighted by Crippen LogP contribution is 2.34. The molecule has 170 valence electrons. The maximum atomic E-state index is 14.7. The smallest absolute Gasteiger partial charge is 0.303 e. The van der Waals surface area contributed by atoms with Gasteiger partial charge in [0.15, 0.2) is 0 Å². The molecular weight excluding hydrogens is 443 g/mol. The number of halogens is 1. The second-order valence-corrected chi connectivity index (χ2v) is 8.78. The molecule has 2 heterocycles. The van der Waals surface area contributed by atoms with Crippen molar-refractivity contribution in [2.24, 2.45) is 0 Å². The Kier molecular flexibility index (Phi) is 6.74. The largest absolute Gasteiger partial charge is 0.497 e. The first-order valence-corrected chi connectivity index (χ1v) is 11.2. The Bertz CT molecular complexity index is 1280. The van der Waals surface area contributed by atoms with E-state index in [0.29, 0.717) is 17.9 Å². The number of hydrogen-bond acceptors (Lipinski definition) is 5. The molecule has 4 aromatic rings. The third-order valence-corrected chi connectivity index (χ3v) is 6.13. The van der Waals surface area contributed by atoms with E-state index in [1.807, 2.05) is 43.3 Å². The summed E-state index contributed by atoms with van der Waals surface area (Å²) in [7, 11) is 1.54. The number of hydrogen-bond donors (Lipinski definition) is 1. The minimum absolute atomic E-state index is 0.0597. The molecule has 1 N–H and O–H groups in total. The van der Waals surface area contributed by atoms with Gasteiger partial charge in [-0.2, -0.15) is 5.10 Å². The highest BCUT2D eigenvalue weighted by atomic mass is 32.1. The van der Waals surface area contributed by atoms with E-state index >= 15 is 0 Å². The second-order valence-electron chi connectivity index (χ2n) is 7.49. The van der Waals surface area contributed by atoms with Crippen molar-refractivity contribution in [1.82, 2.24) is 9.78 Å². The number of methoxy groups -OCH3 is 1. The quantitative estimate of drug-likeness (QED) is 0.345. The van der Waals surface area contributed by atoms with Gasteiger partial charge >= 0.3 is 5.97 Å². The molecule has 0 aliphatic heterocycles. The lowest BCUT2D eigenvalue weighted by Crippen LogP contribution is -2.04. The number of benzene rings is 2. The summed E-state index contributed by atoms with van der Waals surface area (Å²) >= 11 is 1.59. The van der Waals surface area contributed by atoms with Crippen molar-refractivity contribution in [3.05, 3.63) is 82.6 Å². The molecular formula is C25H23FN2O4S. The summed E-state index contributed by atoms with van der Waals surface area (Å²) in [6.07, 6.45) is 2.17. The molecule has 0 amide bonds. The predicted octanol–water partition coefficient (Wildman–Crippen LogP) is 5.65. The summed E-state index contributed by atoms with van der Waals surface area (Å²) in [5.41, 5.74) is 2.73. The van der Waals surface area contributed by atoms with Gasteiger partial charge in [-0.3, -0.25) is 4.79 Å². The molecule has 0 radical (unpaired) electrons. The van der Waals surface area contributed by atoms with Crippen molar-refractivity contribution in [3.63, 3.8) is 0 Å². The summed E-state index contributed by atoms with van der Waals surface area (Å²) in [4.78, 5) is 12.9. The molecule has 2 aromatic carbocycles. The molecule has 0 bridgehead atoms. The van der Waals surface area contributed by atoms with Gasteiger partial charge in [-0.05, 0) is 55.3 Å². The average Bonchev–Trinajstić information content (AvgIpc) is 3.42. The Morgan fingerprint density at radius 2 is 2.00 bits per heavy atom. The molecule has 0 atom stereocenters. The van der Waals surface area contributed by atoms with Gasteiger partial charge in [0, 0.05) is 22.9 Å². The van der Waals surface area contributed by atoms with Gasteiger partial charge in [0.2, 0.25) is 0 Å². The van der Waals surface area contributed by atoms with Crippen molar-refractivity contribution >= 4 is 17.3 Å². The van der Waals surface area contributed by atoms with Crippen LogP contribution in [0.3, 0.4) is 0 Å². The van der Waals surface area contributed by atoms with E-state index in [9.17, 15) is 9.18 Å². The summed E-state index contributed by atoms with van der Waals surface area (Å²) in [6, 6.07) is 15.9. The third-order valence-electron chi connectivity index (χ3n) is 5.12. The lowest BCUT2D eigenvalue weighted by atomic mass is 10.1. The number of thiophene rings is 1. The zero-order valence-corrected chi connectivity index (χ0v) is 19.1. The summed E-state index contributed by atoms with van der Waals surface area (Å²) in [5.74, 6) is -0.0842. The Morgan fingerprint density at radius 1 is 1.15 bits per heavy atom. The van der Waals surface area contributed by atoms with E-state index in [4.69, 9.17) is 14.6 Å². The highest BCUT2D eigenvalue weighted by Gasteiger charge is 2.19. The van der Waals surface area contributed by atoms with Gasteiger partial charge in [0.05, 0.1) is 23.9 Å². The molecule has 4 rings (SSSR count). The van der Waals surface area contributed by atoms with Crippen molar-refractivity contribution in [3.8, 4) is 27.8 Å². The number of aromatic nitrogens is 2. The van der Waals surface area contributed by atoms with E-state index in [1.54, 1.807) is 34.3 Å². The molecule has 0 aliphatic rings. The normalized spacial score (nSPS) is 10.9. The third kappa shape index (κ3) is 5.23. The number of carbonyl (C=O) groups is 1. The van der Waals surface area contributed by atoms with Gasteiger partial charge in [0.1, 0.15) is 29.6 Å². The van der Waals surface area contributed by atoms with E-state index < -0.39 is 11.8 Å². The molecule has 0 aliphatic carbocycles. The fourth-order valence-corrected chi connectivity index (χ4v) is 4.41. The number of carboxylic acids is 1. The molecule has 0 unspecified atom stereocenters. The van der Waals surface area contributed by atoms with E-state index in [0.717, 1.165) is 26.6 Å². The average molecular weight is 467 g/mol. The molecule has 0 spiro atoms. The Balaban J connectivity index is 1.66. The molecule has 0 fully saturated rings. The first kappa shape index (κ1) is 22.5. The Morgan fingerprint density at radius 3 is 2.73 bits per heavy atom. The minimum atomic E-state index is -0.839. The number of ether oxygens (including phenoxy) is 2. The van der Waals surface area contributed by atoms with Gasteiger partial charge in [0.25, 0.3) is 0 Å². The first-order chi connectivity index (χ1) is 15.9. The van der Waals surface area contributed by atoms with Crippen molar-refractivity contribution < 1.29 is 23.8 Å². The number of carboxylic acid groups (broad SMARTS) is 1. The highest BCUT2D eigenvalue weighted by molar-refractivity contribution is 7.15. The predicted molar refractivity (Wildman–Crippen MR) is 125 cm³/mol. The maximum absolute atomic E-state index is 14.7. The molecule has 0 saturated heterocycles. The van der Waals surface area contributed by atoms with Crippen LogP contribution in [-0.4, -0.2) is 28.0 Å². The van der Waals surface area contributed by atoms with E-state index in [-0.39, 0.29) is 18.7 Å². The van der Waals surface area contributed by atoms with Gasteiger partial charge in [-0.15, -0.1) is 11.3 Å². The summed E-state index contributed by atoms with van der Waals surface area (Å²) in [6.45, 7) is 2.24. The maximum Gasteiger partial charge on any atom is 0.303 e. The monoisotopic (exact) mass is 466 g/mol. The number of aliphatic carboxylic acids is 1. The fraction of sp³-hybridized carbons (Fsp3) is 0.200. The molecule has 2 aromatic heterocycles. The van der Waals surface area contributed by atoms with Crippen LogP contribution in [0.1, 0.15) is 22.4 Å². The van der Waals surface area contributed by atoms with Crippen molar-refractivity contribution in [2.45, 2.75) is 26.4 Å². The molecule has 8 heteroatoms. The molecule has 33 heavy (non-hydrogen) atoms. The Labute approximate surface area is 194 Å². The first-order valence-electron chi connectivity index (χ1n) is 10.4. The van der Waals surface area contributed by atoms with Crippen LogP contribution in [0.5, 0.6) is 11.5 Å². The minimum Gasteiger partial charge on any atom is -0.497 e. The Hall–Kier alpha value is -3.65. The second kappa shape index (κ2) is 9.87. The zero-order valence-electron chi connectivity index (χ0n) is 18.2. The van der Waals surface area contributed by atoms with Crippen LogP contribution in [-0.2, 0) is 17.8 Å². The molecule has 6 nitrogen and oxygen atoms in total. The lowest BCUT2D eigenvalue weighted by molar-refractivity contribution is -0.136. The summed E-state index contributed by atoms with van der Waals surface area (Å²) < 4.78 is 27.6. The van der Waals surface area contributed by atoms with Gasteiger partial charge in [-0.25, -0.2) is 9.07 Å². The number of nitrogens with zero attached hydrogens (tertiary/aromatic N) is 2. The van der Waals surface area contributed by atoms with Crippen LogP contribution in [0.15, 0.2) is 60.8 Å².